The molecule has 0 amide bonds. The van der Waals surface area contributed by atoms with Crippen molar-refractivity contribution < 1.29 is 27.5 Å². The normalized spacial score (nSPS) is 7.00. The van der Waals surface area contributed by atoms with Crippen molar-refractivity contribution in [3.05, 3.63) is 0 Å². The third kappa shape index (κ3) is 8.83. The predicted molar refractivity (Wildman–Crippen MR) is 19.8 cm³/mol. The van der Waals surface area contributed by atoms with Crippen LogP contribution in [0.4, 0.5) is 0 Å². The minimum Gasteiger partial charge on any atom is -0.854 e. The Kier molecular flexibility index (Phi) is 15.1. The molecule has 0 saturated heterocycles. The maximum Gasteiger partial charge on any atom is 0 e. The van der Waals surface area contributed by atoms with Crippen molar-refractivity contribution in [2.24, 2.45) is 0 Å². The van der Waals surface area contributed by atoms with Crippen LogP contribution in [-0.4, -0.2) is 6.61 Å². The van der Waals surface area contributed by atoms with Crippen molar-refractivity contribution in [2.75, 3.05) is 6.61 Å². The molecule has 0 fully saturated rings. The van der Waals surface area contributed by atoms with Gasteiger partial charge in [0.1, 0.15) is 0 Å². The summed E-state index contributed by atoms with van der Waals surface area (Å²) in [4.78, 5) is 0. The summed E-state index contributed by atoms with van der Waals surface area (Å²) >= 11 is 0. The van der Waals surface area contributed by atoms with E-state index in [1.165, 1.54) is 0 Å². The van der Waals surface area contributed by atoms with Gasteiger partial charge in [-0.1, -0.05) is 19.8 Å². The van der Waals surface area contributed by atoms with E-state index in [1.807, 2.05) is 6.92 Å². The second-order valence-corrected chi connectivity index (χ2v) is 1.06. The molecule has 0 saturated carbocycles. The van der Waals surface area contributed by atoms with Gasteiger partial charge in [0.05, 0.1) is 0 Å². The molecule has 0 aromatic rings. The van der Waals surface area contributed by atoms with Crippen molar-refractivity contribution in [1.82, 2.24) is 0 Å². The van der Waals surface area contributed by atoms with Gasteiger partial charge in [-0.25, -0.2) is 0 Å². The third-order valence-corrected chi connectivity index (χ3v) is 0.498. The topological polar surface area (TPSA) is 23.1 Å². The molecule has 0 atom stereocenters. The first kappa shape index (κ1) is 9.85. The summed E-state index contributed by atoms with van der Waals surface area (Å²) in [5.74, 6) is 0. The van der Waals surface area contributed by atoms with Crippen LogP contribution in [0.2, 0.25) is 0 Å². The van der Waals surface area contributed by atoms with Gasteiger partial charge in [0.15, 0.2) is 0 Å². The van der Waals surface area contributed by atoms with Crippen LogP contribution in [-0.2, 0) is 22.4 Å². The third-order valence-electron chi connectivity index (χ3n) is 0.498. The second-order valence-electron chi connectivity index (χ2n) is 1.06. The van der Waals surface area contributed by atoms with E-state index < -0.39 is 0 Å². The Morgan fingerprint density at radius 2 is 2.00 bits per heavy atom. The molecule has 37 valence electrons. The number of hydrogen-bond donors (Lipinski definition) is 0. The van der Waals surface area contributed by atoms with Crippen molar-refractivity contribution in [3.8, 4) is 0 Å². The quantitative estimate of drug-likeness (QED) is 0.687. The molecule has 0 rings (SSSR count). The molecule has 1 radical (unpaired) electrons. The number of unbranched alkanes of at least 4 members (excludes halogenated alkanes) is 1. The van der Waals surface area contributed by atoms with Gasteiger partial charge in [-0.05, 0) is 0 Å². The Hall–Kier alpha value is 0.700. The van der Waals surface area contributed by atoms with Crippen LogP contribution in [0.5, 0.6) is 0 Å². The summed E-state index contributed by atoms with van der Waals surface area (Å²) in [6.07, 6.45) is 1.86. The molecule has 2 heteroatoms. The molecule has 6 heavy (non-hydrogen) atoms. The summed E-state index contributed by atoms with van der Waals surface area (Å²) in [5, 5.41) is 9.53. The van der Waals surface area contributed by atoms with Crippen molar-refractivity contribution in [3.63, 3.8) is 0 Å². The Morgan fingerprint density at radius 1 is 1.50 bits per heavy atom. The van der Waals surface area contributed by atoms with Crippen LogP contribution >= 0.6 is 0 Å². The van der Waals surface area contributed by atoms with Gasteiger partial charge in [-0.15, -0.1) is 6.61 Å². The number of rotatable bonds is 2. The minimum absolute atomic E-state index is 0. The Balaban J connectivity index is 0. The molecular weight excluding hydrogens is 245 g/mol. The summed E-state index contributed by atoms with van der Waals surface area (Å²) in [6, 6.07) is 0. The molecular formula is C4H9OTa-. The van der Waals surface area contributed by atoms with Gasteiger partial charge in [-0.2, -0.15) is 0 Å². The zero-order chi connectivity index (χ0) is 4.12. The van der Waals surface area contributed by atoms with Gasteiger partial charge in [0, 0.05) is 22.4 Å². The van der Waals surface area contributed by atoms with E-state index >= 15 is 0 Å². The van der Waals surface area contributed by atoms with E-state index in [-0.39, 0.29) is 29.0 Å². The van der Waals surface area contributed by atoms with Crippen molar-refractivity contribution in [1.29, 1.82) is 0 Å². The molecule has 0 aromatic heterocycles. The van der Waals surface area contributed by atoms with E-state index in [0.717, 1.165) is 12.8 Å². The molecule has 0 bridgehead atoms. The summed E-state index contributed by atoms with van der Waals surface area (Å²) < 4.78 is 0. The van der Waals surface area contributed by atoms with E-state index in [2.05, 4.69) is 0 Å². The molecule has 0 N–H and O–H groups in total. The van der Waals surface area contributed by atoms with E-state index in [1.54, 1.807) is 0 Å². The second kappa shape index (κ2) is 9.20. The molecule has 0 aliphatic carbocycles. The van der Waals surface area contributed by atoms with E-state index in [0.29, 0.717) is 0 Å². The van der Waals surface area contributed by atoms with Gasteiger partial charge in [0.2, 0.25) is 0 Å². The molecule has 0 aliphatic rings. The Morgan fingerprint density at radius 3 is 2.00 bits per heavy atom. The smallest absolute Gasteiger partial charge is 0 e. The van der Waals surface area contributed by atoms with Gasteiger partial charge in [0.25, 0.3) is 0 Å². The molecule has 1 nitrogen and oxygen atoms in total. The fourth-order valence-electron chi connectivity index (χ4n) is 0.144. The first-order valence-electron chi connectivity index (χ1n) is 2.00. The molecule has 0 aliphatic heterocycles. The summed E-state index contributed by atoms with van der Waals surface area (Å²) in [6.45, 7) is 2.11. The van der Waals surface area contributed by atoms with Crippen LogP contribution in [0.25, 0.3) is 0 Å². The Labute approximate surface area is 54.3 Å². The summed E-state index contributed by atoms with van der Waals surface area (Å²) in [5.41, 5.74) is 0. The average molecular weight is 254 g/mol. The molecule has 0 heterocycles. The van der Waals surface area contributed by atoms with Gasteiger partial charge in [-0.3, -0.25) is 0 Å². The number of hydrogen-bond acceptors (Lipinski definition) is 1. The van der Waals surface area contributed by atoms with E-state index in [4.69, 9.17) is 0 Å². The van der Waals surface area contributed by atoms with Gasteiger partial charge >= 0.3 is 0 Å². The van der Waals surface area contributed by atoms with Gasteiger partial charge < -0.3 is 5.11 Å². The maximum atomic E-state index is 9.53. The van der Waals surface area contributed by atoms with Crippen LogP contribution in [0, 0.1) is 0 Å². The van der Waals surface area contributed by atoms with Crippen LogP contribution in [0.3, 0.4) is 0 Å². The first-order chi connectivity index (χ1) is 2.41. The molecule has 0 aromatic carbocycles. The van der Waals surface area contributed by atoms with Crippen molar-refractivity contribution in [2.45, 2.75) is 19.8 Å². The zero-order valence-electron chi connectivity index (χ0n) is 3.98. The predicted octanol–water partition coefficient (Wildman–Crippen LogP) is 0.144. The maximum absolute atomic E-state index is 9.53. The summed E-state index contributed by atoms with van der Waals surface area (Å²) in [7, 11) is 0. The fourth-order valence-corrected chi connectivity index (χ4v) is 0.144. The molecule has 0 unspecified atom stereocenters. The molecule has 0 spiro atoms. The Bertz CT molecular complexity index is 15.0. The monoisotopic (exact) mass is 254 g/mol. The fraction of sp³-hybridized carbons (Fsp3) is 1.00. The average Bonchev–Trinajstić information content (AvgIpc) is 1.41. The largest absolute Gasteiger partial charge is 0.854 e. The zero-order valence-corrected chi connectivity index (χ0v) is 7.19. The van der Waals surface area contributed by atoms with Crippen LogP contribution < -0.4 is 5.11 Å². The van der Waals surface area contributed by atoms with Crippen molar-refractivity contribution >= 4 is 0 Å². The minimum atomic E-state index is 0. The van der Waals surface area contributed by atoms with Crippen LogP contribution in [0.1, 0.15) is 19.8 Å². The van der Waals surface area contributed by atoms with Crippen LogP contribution in [0.15, 0.2) is 0 Å². The SMILES string of the molecule is CCCC[O-].[Ta]. The first-order valence-corrected chi connectivity index (χ1v) is 2.00. The standard InChI is InChI=1S/C4H9O.Ta/c1-2-3-4-5;/h2-4H2,1H3;/q-1;. The van der Waals surface area contributed by atoms with E-state index in [9.17, 15) is 5.11 Å².